The van der Waals surface area contributed by atoms with E-state index in [0.29, 0.717) is 5.25 Å². The zero-order chi connectivity index (χ0) is 12.6. The molecule has 0 aromatic carbocycles. The number of ether oxygens (including phenoxy) is 1. The molecular formula is C12H22N2O2S2. The zero-order valence-corrected chi connectivity index (χ0v) is 12.3. The highest BCUT2D eigenvalue weighted by molar-refractivity contribution is 8.06. The van der Waals surface area contributed by atoms with Crippen molar-refractivity contribution in [3.63, 3.8) is 0 Å². The van der Waals surface area contributed by atoms with E-state index in [9.17, 15) is 4.79 Å². The average Bonchev–Trinajstić information content (AvgIpc) is 2.45. The molecule has 0 bridgehead atoms. The van der Waals surface area contributed by atoms with Crippen LogP contribution in [-0.4, -0.2) is 60.8 Å². The van der Waals surface area contributed by atoms with Crippen LogP contribution in [0.25, 0.3) is 0 Å². The van der Waals surface area contributed by atoms with Gasteiger partial charge >= 0.3 is 0 Å². The van der Waals surface area contributed by atoms with E-state index >= 15 is 0 Å². The first-order valence-electron chi connectivity index (χ1n) is 6.63. The lowest BCUT2D eigenvalue weighted by molar-refractivity contribution is -0.128. The lowest BCUT2D eigenvalue weighted by Crippen LogP contribution is -2.38. The third-order valence-corrected chi connectivity index (χ3v) is 5.99. The van der Waals surface area contributed by atoms with Crippen LogP contribution in [0.2, 0.25) is 0 Å². The number of amides is 1. The van der Waals surface area contributed by atoms with E-state index < -0.39 is 0 Å². The van der Waals surface area contributed by atoms with Crippen LogP contribution in [0.4, 0.5) is 0 Å². The number of nitrogens with one attached hydrogen (secondary N) is 2. The second-order valence-corrected chi connectivity index (χ2v) is 7.19. The van der Waals surface area contributed by atoms with Gasteiger partial charge in [-0.05, 0) is 25.9 Å². The van der Waals surface area contributed by atoms with E-state index in [0.717, 1.165) is 38.2 Å². The monoisotopic (exact) mass is 290 g/mol. The summed E-state index contributed by atoms with van der Waals surface area (Å²) in [5, 5.41) is 6.84. The molecule has 0 aliphatic carbocycles. The molecule has 2 heterocycles. The van der Waals surface area contributed by atoms with Crippen LogP contribution < -0.4 is 10.6 Å². The summed E-state index contributed by atoms with van der Waals surface area (Å²) in [6, 6.07) is 0. The Balaban J connectivity index is 1.54. The smallest absolute Gasteiger partial charge is 0.246 e. The first-order chi connectivity index (χ1) is 8.84. The highest BCUT2D eigenvalue weighted by Crippen LogP contribution is 2.23. The summed E-state index contributed by atoms with van der Waals surface area (Å²) in [5.41, 5.74) is 0. The Morgan fingerprint density at radius 2 is 2.17 bits per heavy atom. The van der Waals surface area contributed by atoms with Crippen LogP contribution in [0, 0.1) is 0 Å². The number of carbonyl (C=O) groups excluding carboxylic acids is 1. The average molecular weight is 290 g/mol. The molecule has 2 saturated heterocycles. The maximum Gasteiger partial charge on any atom is 0.246 e. The number of carbonyl (C=O) groups is 1. The van der Waals surface area contributed by atoms with Crippen molar-refractivity contribution in [3.8, 4) is 0 Å². The molecule has 2 aliphatic rings. The van der Waals surface area contributed by atoms with Crippen molar-refractivity contribution in [2.45, 2.75) is 24.2 Å². The zero-order valence-electron chi connectivity index (χ0n) is 10.7. The van der Waals surface area contributed by atoms with E-state index in [4.69, 9.17) is 4.74 Å². The van der Waals surface area contributed by atoms with E-state index in [1.807, 2.05) is 23.5 Å². The predicted octanol–water partition coefficient (Wildman–Crippen LogP) is 0.720. The molecule has 1 atom stereocenters. The van der Waals surface area contributed by atoms with Gasteiger partial charge in [-0.25, -0.2) is 0 Å². The SMILES string of the molecule is O=C(COC1CCNCC1)NCC1CSCCS1. The van der Waals surface area contributed by atoms with E-state index in [1.54, 1.807) is 0 Å². The van der Waals surface area contributed by atoms with Crippen LogP contribution in [0.5, 0.6) is 0 Å². The van der Waals surface area contributed by atoms with Crippen molar-refractivity contribution in [2.24, 2.45) is 0 Å². The molecule has 0 spiro atoms. The van der Waals surface area contributed by atoms with Gasteiger partial charge in [0.2, 0.25) is 5.91 Å². The van der Waals surface area contributed by atoms with Gasteiger partial charge in [-0.15, -0.1) is 0 Å². The molecule has 2 fully saturated rings. The maximum absolute atomic E-state index is 11.7. The number of rotatable bonds is 5. The van der Waals surface area contributed by atoms with Gasteiger partial charge in [-0.3, -0.25) is 4.79 Å². The Kier molecular flexibility index (Phi) is 6.68. The minimum absolute atomic E-state index is 0.0321. The van der Waals surface area contributed by atoms with Gasteiger partial charge in [-0.2, -0.15) is 23.5 Å². The van der Waals surface area contributed by atoms with Crippen molar-refractivity contribution >= 4 is 29.4 Å². The fourth-order valence-corrected chi connectivity index (χ4v) is 4.70. The van der Waals surface area contributed by atoms with E-state index in [2.05, 4.69) is 10.6 Å². The van der Waals surface area contributed by atoms with Crippen LogP contribution in [0.15, 0.2) is 0 Å². The normalized spacial score (nSPS) is 25.9. The van der Waals surface area contributed by atoms with Gasteiger partial charge in [0.15, 0.2) is 0 Å². The minimum Gasteiger partial charge on any atom is -0.368 e. The molecule has 0 aromatic heterocycles. The van der Waals surface area contributed by atoms with Gasteiger partial charge in [0.05, 0.1) is 6.10 Å². The lowest BCUT2D eigenvalue weighted by atomic mass is 10.1. The number of hydrogen-bond acceptors (Lipinski definition) is 5. The number of hydrogen-bond donors (Lipinski definition) is 2. The summed E-state index contributed by atoms with van der Waals surface area (Å²) >= 11 is 3.95. The molecule has 0 aromatic rings. The molecule has 104 valence electrons. The largest absolute Gasteiger partial charge is 0.368 e. The second-order valence-electron chi connectivity index (χ2n) is 4.63. The fraction of sp³-hybridized carbons (Fsp3) is 0.917. The van der Waals surface area contributed by atoms with Gasteiger partial charge < -0.3 is 15.4 Å². The third kappa shape index (κ3) is 5.38. The van der Waals surface area contributed by atoms with Crippen molar-refractivity contribution in [1.29, 1.82) is 0 Å². The second kappa shape index (κ2) is 8.30. The molecule has 1 amide bonds. The quantitative estimate of drug-likeness (QED) is 0.781. The first-order valence-corrected chi connectivity index (χ1v) is 8.83. The Bertz CT molecular complexity index is 230. The molecule has 1 unspecified atom stereocenters. The van der Waals surface area contributed by atoms with Crippen molar-refractivity contribution < 1.29 is 9.53 Å². The predicted molar refractivity (Wildman–Crippen MR) is 78.4 cm³/mol. The number of piperidine rings is 1. The molecule has 18 heavy (non-hydrogen) atoms. The highest BCUT2D eigenvalue weighted by Gasteiger charge is 2.17. The van der Waals surface area contributed by atoms with E-state index in [-0.39, 0.29) is 18.6 Å². The number of thioether (sulfide) groups is 2. The third-order valence-electron chi connectivity index (χ3n) is 3.15. The van der Waals surface area contributed by atoms with Crippen LogP contribution in [0.3, 0.4) is 0 Å². The molecular weight excluding hydrogens is 268 g/mol. The minimum atomic E-state index is 0.0321. The van der Waals surface area contributed by atoms with Crippen molar-refractivity contribution in [2.75, 3.05) is 43.5 Å². The fourth-order valence-electron chi connectivity index (χ4n) is 2.09. The van der Waals surface area contributed by atoms with E-state index in [1.165, 1.54) is 11.5 Å². The molecule has 2 N–H and O–H groups in total. The molecule has 2 aliphatic heterocycles. The Morgan fingerprint density at radius 3 is 2.89 bits per heavy atom. The summed E-state index contributed by atoms with van der Waals surface area (Å²) in [5.74, 6) is 3.63. The van der Waals surface area contributed by atoms with Crippen molar-refractivity contribution in [3.05, 3.63) is 0 Å². The molecule has 0 radical (unpaired) electrons. The lowest BCUT2D eigenvalue weighted by Gasteiger charge is -2.23. The summed E-state index contributed by atoms with van der Waals surface area (Å²) < 4.78 is 5.62. The summed E-state index contributed by atoms with van der Waals surface area (Å²) in [7, 11) is 0. The topological polar surface area (TPSA) is 50.4 Å². The molecule has 2 rings (SSSR count). The van der Waals surface area contributed by atoms with Crippen LogP contribution in [0.1, 0.15) is 12.8 Å². The van der Waals surface area contributed by atoms with Gasteiger partial charge in [0.25, 0.3) is 0 Å². The first kappa shape index (κ1) is 14.5. The van der Waals surface area contributed by atoms with Gasteiger partial charge in [-0.1, -0.05) is 0 Å². The highest BCUT2D eigenvalue weighted by atomic mass is 32.2. The molecule has 0 saturated carbocycles. The van der Waals surface area contributed by atoms with Gasteiger partial charge in [0.1, 0.15) is 6.61 Å². The summed E-state index contributed by atoms with van der Waals surface area (Å²) in [4.78, 5) is 11.7. The van der Waals surface area contributed by atoms with Crippen molar-refractivity contribution in [1.82, 2.24) is 10.6 Å². The standard InChI is InChI=1S/C12H22N2O2S2/c15-12(8-16-10-1-3-13-4-2-10)14-7-11-9-17-5-6-18-11/h10-11,13H,1-9H2,(H,14,15). The Hall–Kier alpha value is 0.0900. The van der Waals surface area contributed by atoms with Crippen LogP contribution in [-0.2, 0) is 9.53 Å². The summed E-state index contributed by atoms with van der Waals surface area (Å²) in [6.45, 7) is 3.01. The Morgan fingerprint density at radius 1 is 1.33 bits per heavy atom. The van der Waals surface area contributed by atoms with Gasteiger partial charge in [0, 0.05) is 29.1 Å². The maximum atomic E-state index is 11.7. The Labute approximate surface area is 117 Å². The molecule has 4 nitrogen and oxygen atoms in total. The molecule has 6 heteroatoms. The van der Waals surface area contributed by atoms with Crippen LogP contribution >= 0.6 is 23.5 Å². The summed E-state index contributed by atoms with van der Waals surface area (Å²) in [6.07, 6.45) is 2.29.